The van der Waals surface area contributed by atoms with Gasteiger partial charge in [-0.15, -0.1) is 0 Å². The van der Waals surface area contributed by atoms with Crippen LogP contribution in [0.2, 0.25) is 0 Å². The van der Waals surface area contributed by atoms with Crippen molar-refractivity contribution in [2.24, 2.45) is 0 Å². The summed E-state index contributed by atoms with van der Waals surface area (Å²) in [6.45, 7) is 3.40. The number of carbonyl (C=O) groups excluding carboxylic acids is 1. The van der Waals surface area contributed by atoms with Gasteiger partial charge in [0.25, 0.3) is 0 Å². The number of aromatic nitrogens is 2. The van der Waals surface area contributed by atoms with Crippen molar-refractivity contribution in [1.29, 1.82) is 0 Å². The Morgan fingerprint density at radius 1 is 1.32 bits per heavy atom. The lowest BCUT2D eigenvalue weighted by atomic mass is 10.2. The molecule has 1 aromatic heterocycles. The van der Waals surface area contributed by atoms with E-state index in [-0.39, 0.29) is 5.97 Å². The summed E-state index contributed by atoms with van der Waals surface area (Å²) in [7, 11) is 1.40. The van der Waals surface area contributed by atoms with E-state index in [1.54, 1.807) is 6.33 Å². The zero-order valence-electron chi connectivity index (χ0n) is 11.2. The van der Waals surface area contributed by atoms with Crippen LogP contribution in [0.1, 0.15) is 13.3 Å². The number of fused-ring (bicyclic) bond motifs is 1. The largest absolute Gasteiger partial charge is 0.469 e. The second-order valence-corrected chi connectivity index (χ2v) is 4.12. The second kappa shape index (κ2) is 6.13. The van der Waals surface area contributed by atoms with Crippen LogP contribution < -0.4 is 4.90 Å². The molecule has 19 heavy (non-hydrogen) atoms. The molecule has 0 amide bonds. The van der Waals surface area contributed by atoms with Crippen LogP contribution in [0.5, 0.6) is 0 Å². The number of anilines is 1. The Kier molecular flexibility index (Phi) is 4.28. The highest BCUT2D eigenvalue weighted by Crippen LogP contribution is 2.22. The van der Waals surface area contributed by atoms with E-state index in [9.17, 15) is 4.79 Å². The Morgan fingerprint density at radius 2 is 2.11 bits per heavy atom. The summed E-state index contributed by atoms with van der Waals surface area (Å²) in [5, 5.41) is 0.997. The lowest BCUT2D eigenvalue weighted by molar-refractivity contribution is -0.140. The molecule has 0 radical (unpaired) electrons. The Morgan fingerprint density at radius 3 is 2.84 bits per heavy atom. The van der Waals surface area contributed by atoms with Crippen molar-refractivity contribution >= 4 is 22.7 Å². The van der Waals surface area contributed by atoms with Crippen molar-refractivity contribution in [1.82, 2.24) is 9.97 Å². The van der Waals surface area contributed by atoms with E-state index in [1.165, 1.54) is 7.11 Å². The van der Waals surface area contributed by atoms with Gasteiger partial charge < -0.3 is 9.64 Å². The Labute approximate surface area is 112 Å². The first-order chi connectivity index (χ1) is 9.26. The molecule has 0 atom stereocenters. The van der Waals surface area contributed by atoms with Gasteiger partial charge in [0, 0.05) is 18.5 Å². The molecule has 0 aliphatic rings. The number of ether oxygens (including phenoxy) is 1. The summed E-state index contributed by atoms with van der Waals surface area (Å²) < 4.78 is 4.67. The standard InChI is InChI=1S/C14H17N3O2/c1-3-17(9-8-13(18)19-2)14-11-6-4-5-7-12(11)15-10-16-14/h4-7,10H,3,8-9H2,1-2H3. The number of nitrogens with zero attached hydrogens (tertiary/aromatic N) is 3. The van der Waals surface area contributed by atoms with E-state index in [0.717, 1.165) is 23.3 Å². The van der Waals surface area contributed by atoms with Crippen molar-refractivity contribution in [3.05, 3.63) is 30.6 Å². The van der Waals surface area contributed by atoms with Crippen LogP contribution in [-0.4, -0.2) is 36.1 Å². The number of carbonyl (C=O) groups is 1. The van der Waals surface area contributed by atoms with Gasteiger partial charge in [-0.05, 0) is 19.1 Å². The predicted molar refractivity (Wildman–Crippen MR) is 74.1 cm³/mol. The van der Waals surface area contributed by atoms with E-state index in [2.05, 4.69) is 19.6 Å². The first kappa shape index (κ1) is 13.3. The molecule has 5 nitrogen and oxygen atoms in total. The van der Waals surface area contributed by atoms with Crippen molar-refractivity contribution < 1.29 is 9.53 Å². The molecule has 2 aromatic rings. The molecular formula is C14H17N3O2. The first-order valence-corrected chi connectivity index (χ1v) is 6.27. The molecule has 100 valence electrons. The fraction of sp³-hybridized carbons (Fsp3) is 0.357. The summed E-state index contributed by atoms with van der Waals surface area (Å²) in [6.07, 6.45) is 1.90. The third-order valence-electron chi connectivity index (χ3n) is 3.02. The van der Waals surface area contributed by atoms with Crippen molar-refractivity contribution in [3.8, 4) is 0 Å². The molecule has 2 rings (SSSR count). The van der Waals surface area contributed by atoms with Crippen LogP contribution in [-0.2, 0) is 9.53 Å². The molecule has 1 aromatic carbocycles. The molecular weight excluding hydrogens is 242 g/mol. The zero-order chi connectivity index (χ0) is 13.7. The summed E-state index contributed by atoms with van der Waals surface area (Å²) in [5.74, 6) is 0.647. The molecule has 1 heterocycles. The van der Waals surface area contributed by atoms with E-state index < -0.39 is 0 Å². The van der Waals surface area contributed by atoms with E-state index in [0.29, 0.717) is 13.0 Å². The van der Waals surface area contributed by atoms with E-state index in [4.69, 9.17) is 0 Å². The highest BCUT2D eigenvalue weighted by molar-refractivity contribution is 5.89. The van der Waals surface area contributed by atoms with Crippen molar-refractivity contribution in [3.63, 3.8) is 0 Å². The van der Waals surface area contributed by atoms with Gasteiger partial charge in [-0.25, -0.2) is 9.97 Å². The number of hydrogen-bond acceptors (Lipinski definition) is 5. The molecule has 0 N–H and O–H groups in total. The minimum atomic E-state index is -0.211. The zero-order valence-corrected chi connectivity index (χ0v) is 11.2. The number of esters is 1. The fourth-order valence-electron chi connectivity index (χ4n) is 1.98. The SMILES string of the molecule is CCN(CCC(=O)OC)c1ncnc2ccccc12. The summed E-state index contributed by atoms with van der Waals surface area (Å²) in [6, 6.07) is 7.85. The molecule has 0 aliphatic heterocycles. The third kappa shape index (κ3) is 2.99. The quantitative estimate of drug-likeness (QED) is 0.769. The Bertz CT molecular complexity index is 566. The molecule has 0 bridgehead atoms. The summed E-state index contributed by atoms with van der Waals surface area (Å²) in [5.41, 5.74) is 0.906. The van der Waals surface area contributed by atoms with Gasteiger partial charge in [-0.3, -0.25) is 4.79 Å². The van der Waals surface area contributed by atoms with Crippen molar-refractivity contribution in [2.45, 2.75) is 13.3 Å². The number of methoxy groups -OCH3 is 1. The second-order valence-electron chi connectivity index (χ2n) is 4.12. The molecule has 0 fully saturated rings. The van der Waals surface area contributed by atoms with Crippen LogP contribution in [0.25, 0.3) is 10.9 Å². The maximum absolute atomic E-state index is 11.2. The topological polar surface area (TPSA) is 55.3 Å². The van der Waals surface area contributed by atoms with Crippen LogP contribution in [0.15, 0.2) is 30.6 Å². The van der Waals surface area contributed by atoms with E-state index >= 15 is 0 Å². The van der Waals surface area contributed by atoms with Gasteiger partial charge in [0.15, 0.2) is 0 Å². The third-order valence-corrected chi connectivity index (χ3v) is 3.02. The molecule has 0 aliphatic carbocycles. The summed E-state index contributed by atoms with van der Waals surface area (Å²) in [4.78, 5) is 21.9. The van der Waals surface area contributed by atoms with Gasteiger partial charge in [-0.1, -0.05) is 12.1 Å². The summed E-state index contributed by atoms with van der Waals surface area (Å²) >= 11 is 0. The van der Waals surface area contributed by atoms with Gasteiger partial charge in [0.1, 0.15) is 12.1 Å². The maximum Gasteiger partial charge on any atom is 0.307 e. The number of hydrogen-bond donors (Lipinski definition) is 0. The number of benzene rings is 1. The van der Waals surface area contributed by atoms with Crippen molar-refractivity contribution in [2.75, 3.05) is 25.1 Å². The smallest absolute Gasteiger partial charge is 0.307 e. The highest BCUT2D eigenvalue weighted by atomic mass is 16.5. The average molecular weight is 259 g/mol. The highest BCUT2D eigenvalue weighted by Gasteiger charge is 2.12. The molecule has 0 spiro atoms. The Hall–Kier alpha value is -2.17. The van der Waals surface area contributed by atoms with Crippen LogP contribution >= 0.6 is 0 Å². The first-order valence-electron chi connectivity index (χ1n) is 6.27. The van der Waals surface area contributed by atoms with Crippen LogP contribution in [0.3, 0.4) is 0 Å². The molecule has 0 saturated carbocycles. The van der Waals surface area contributed by atoms with Gasteiger partial charge in [0.05, 0.1) is 19.0 Å². The lowest BCUT2D eigenvalue weighted by Gasteiger charge is -2.22. The van der Waals surface area contributed by atoms with Crippen LogP contribution in [0.4, 0.5) is 5.82 Å². The monoisotopic (exact) mass is 259 g/mol. The van der Waals surface area contributed by atoms with E-state index in [1.807, 2.05) is 31.2 Å². The maximum atomic E-state index is 11.2. The minimum Gasteiger partial charge on any atom is -0.469 e. The number of rotatable bonds is 5. The molecule has 5 heteroatoms. The van der Waals surface area contributed by atoms with Gasteiger partial charge in [0.2, 0.25) is 0 Å². The van der Waals surface area contributed by atoms with Gasteiger partial charge >= 0.3 is 5.97 Å². The lowest BCUT2D eigenvalue weighted by Crippen LogP contribution is -2.27. The molecule has 0 saturated heterocycles. The average Bonchev–Trinajstić information content (AvgIpc) is 2.47. The fourth-order valence-corrected chi connectivity index (χ4v) is 1.98. The number of para-hydroxylation sites is 1. The van der Waals surface area contributed by atoms with Gasteiger partial charge in [-0.2, -0.15) is 0 Å². The minimum absolute atomic E-state index is 0.211. The van der Waals surface area contributed by atoms with Crippen LogP contribution in [0, 0.1) is 0 Å². The predicted octanol–water partition coefficient (Wildman–Crippen LogP) is 2.02. The Balaban J connectivity index is 2.27. The normalized spacial score (nSPS) is 10.4. The molecule has 0 unspecified atom stereocenters.